The molecule has 0 spiro atoms. The number of hydrogen-bond donors (Lipinski definition) is 2. The molecule has 0 aromatic carbocycles. The van der Waals surface area contributed by atoms with Crippen LogP contribution in [0, 0.1) is 0 Å². The summed E-state index contributed by atoms with van der Waals surface area (Å²) in [5, 5.41) is 15.4. The maximum Gasteiger partial charge on any atom is 0.261 e. The van der Waals surface area contributed by atoms with Crippen LogP contribution < -0.4 is 10.6 Å². The summed E-state index contributed by atoms with van der Waals surface area (Å²) in [6, 6.07) is 0.732. The largest absolute Gasteiger partial charge is 0.355 e. The lowest BCUT2D eigenvalue weighted by atomic mass is 10.2. The predicted molar refractivity (Wildman–Crippen MR) is 118 cm³/mol. The summed E-state index contributed by atoms with van der Waals surface area (Å²) in [7, 11) is 0. The minimum absolute atomic E-state index is 0.151. The first kappa shape index (κ1) is 21.1. The van der Waals surface area contributed by atoms with E-state index in [4.69, 9.17) is 0 Å². The lowest BCUT2D eigenvalue weighted by Gasteiger charge is -2.38. The third-order valence-corrected chi connectivity index (χ3v) is 6.66. The Hall–Kier alpha value is -2.14. The monoisotopic (exact) mass is 433 g/mol. The van der Waals surface area contributed by atoms with Gasteiger partial charge in [0.05, 0.1) is 5.75 Å². The molecule has 10 nitrogen and oxygen atoms in total. The Morgan fingerprint density at radius 1 is 1.03 bits per heavy atom. The van der Waals surface area contributed by atoms with E-state index in [0.29, 0.717) is 35.1 Å². The molecule has 2 aliphatic rings. The van der Waals surface area contributed by atoms with Crippen molar-refractivity contribution >= 4 is 35.3 Å². The molecule has 1 saturated heterocycles. The first-order valence-electron chi connectivity index (χ1n) is 10.9. The van der Waals surface area contributed by atoms with Crippen LogP contribution in [0.2, 0.25) is 0 Å². The molecule has 164 valence electrons. The van der Waals surface area contributed by atoms with Crippen LogP contribution in [0.5, 0.6) is 0 Å². The molecular formula is C19H31N9OS. The van der Waals surface area contributed by atoms with E-state index < -0.39 is 0 Å². The van der Waals surface area contributed by atoms with Gasteiger partial charge in [0, 0.05) is 45.3 Å². The smallest absolute Gasteiger partial charge is 0.261 e. The average molecular weight is 434 g/mol. The summed E-state index contributed by atoms with van der Waals surface area (Å²) in [4.78, 5) is 26.2. The minimum Gasteiger partial charge on any atom is -0.355 e. The Morgan fingerprint density at radius 2 is 1.77 bits per heavy atom. The van der Waals surface area contributed by atoms with Gasteiger partial charge in [-0.05, 0) is 26.7 Å². The van der Waals surface area contributed by atoms with Gasteiger partial charge < -0.3 is 15.5 Å². The van der Waals surface area contributed by atoms with Crippen LogP contribution in [0.1, 0.15) is 39.5 Å². The number of nitrogens with one attached hydrogen (secondary N) is 2. The Bertz CT molecular complexity index is 859. The third kappa shape index (κ3) is 4.61. The molecule has 30 heavy (non-hydrogen) atoms. The van der Waals surface area contributed by atoms with Crippen LogP contribution in [0.15, 0.2) is 5.16 Å². The number of carbonyl (C=O) groups is 1. The van der Waals surface area contributed by atoms with Crippen molar-refractivity contribution in [2.24, 2.45) is 0 Å². The Balaban J connectivity index is 1.38. The van der Waals surface area contributed by atoms with E-state index >= 15 is 0 Å². The van der Waals surface area contributed by atoms with Crippen molar-refractivity contribution in [2.45, 2.75) is 50.7 Å². The second kappa shape index (κ2) is 9.78. The first-order valence-corrected chi connectivity index (χ1v) is 11.9. The molecule has 4 rings (SSSR count). The Labute approximate surface area is 181 Å². The van der Waals surface area contributed by atoms with Crippen LogP contribution in [0.4, 0.5) is 11.9 Å². The molecule has 1 amide bonds. The number of carbonyl (C=O) groups excluding carboxylic acids is 1. The van der Waals surface area contributed by atoms with Crippen LogP contribution in [0.3, 0.4) is 0 Å². The zero-order valence-corrected chi connectivity index (χ0v) is 18.6. The molecule has 0 bridgehead atoms. The van der Waals surface area contributed by atoms with Crippen LogP contribution in [-0.2, 0) is 4.79 Å². The van der Waals surface area contributed by atoms with Crippen molar-refractivity contribution in [3.63, 3.8) is 0 Å². The van der Waals surface area contributed by atoms with Gasteiger partial charge in [0.25, 0.3) is 5.78 Å². The summed E-state index contributed by atoms with van der Waals surface area (Å²) >= 11 is 1.39. The lowest BCUT2D eigenvalue weighted by molar-refractivity contribution is -0.130. The van der Waals surface area contributed by atoms with Gasteiger partial charge in [0.15, 0.2) is 5.16 Å². The summed E-state index contributed by atoms with van der Waals surface area (Å²) in [6.07, 6.45) is 5.33. The van der Waals surface area contributed by atoms with E-state index in [1.807, 2.05) is 18.7 Å². The molecule has 3 heterocycles. The van der Waals surface area contributed by atoms with Gasteiger partial charge in [-0.2, -0.15) is 9.97 Å². The predicted octanol–water partition coefficient (Wildman–Crippen LogP) is 1.56. The molecule has 2 aromatic heterocycles. The highest BCUT2D eigenvalue weighted by Crippen LogP contribution is 2.25. The molecule has 2 N–H and O–H groups in total. The number of rotatable bonds is 8. The number of fused-ring (bicyclic) bond motifs is 1. The summed E-state index contributed by atoms with van der Waals surface area (Å²) < 4.78 is 1.78. The fraction of sp³-hybridized carbons (Fsp3) is 0.737. The Kier molecular flexibility index (Phi) is 6.88. The number of aromatic nitrogens is 5. The van der Waals surface area contributed by atoms with Crippen molar-refractivity contribution in [2.75, 3.05) is 55.7 Å². The van der Waals surface area contributed by atoms with Crippen LogP contribution in [0.25, 0.3) is 5.78 Å². The number of anilines is 2. The molecule has 1 saturated carbocycles. The number of piperazine rings is 1. The highest BCUT2D eigenvalue weighted by atomic mass is 32.2. The molecule has 2 aromatic rings. The van der Waals surface area contributed by atoms with Gasteiger partial charge >= 0.3 is 0 Å². The van der Waals surface area contributed by atoms with E-state index in [1.54, 1.807) is 4.40 Å². The van der Waals surface area contributed by atoms with Gasteiger partial charge in [-0.1, -0.05) is 24.6 Å². The fourth-order valence-electron chi connectivity index (χ4n) is 4.22. The highest BCUT2D eigenvalue weighted by Gasteiger charge is 2.28. The second-order valence-electron chi connectivity index (χ2n) is 7.69. The Morgan fingerprint density at radius 3 is 2.47 bits per heavy atom. The van der Waals surface area contributed by atoms with Crippen molar-refractivity contribution < 1.29 is 4.79 Å². The first-order chi connectivity index (χ1) is 14.7. The second-order valence-corrected chi connectivity index (χ2v) is 8.64. The van der Waals surface area contributed by atoms with Gasteiger partial charge in [-0.15, -0.1) is 10.2 Å². The number of nitrogens with zero attached hydrogens (tertiary/aromatic N) is 7. The fourth-order valence-corrected chi connectivity index (χ4v) is 5.05. The summed E-state index contributed by atoms with van der Waals surface area (Å²) in [6.45, 7) is 9.03. The van der Waals surface area contributed by atoms with Crippen molar-refractivity contribution in [3.8, 4) is 0 Å². The summed E-state index contributed by atoms with van der Waals surface area (Å²) in [5.41, 5.74) is 0. The van der Waals surface area contributed by atoms with Crippen LogP contribution in [-0.4, -0.2) is 91.3 Å². The third-order valence-electron chi connectivity index (χ3n) is 5.75. The zero-order valence-electron chi connectivity index (χ0n) is 17.8. The molecule has 0 radical (unpaired) electrons. The van der Waals surface area contributed by atoms with Gasteiger partial charge in [0.1, 0.15) is 0 Å². The summed E-state index contributed by atoms with van der Waals surface area (Å²) in [5.74, 6) is 2.10. The van der Waals surface area contributed by atoms with Gasteiger partial charge in [-0.25, -0.2) is 4.40 Å². The van der Waals surface area contributed by atoms with E-state index in [0.717, 1.165) is 38.8 Å². The molecule has 0 atom stereocenters. The molecule has 0 unspecified atom stereocenters. The van der Waals surface area contributed by atoms with Crippen molar-refractivity contribution in [3.05, 3.63) is 0 Å². The van der Waals surface area contributed by atoms with Gasteiger partial charge in [-0.3, -0.25) is 9.69 Å². The topological polar surface area (TPSA) is 104 Å². The van der Waals surface area contributed by atoms with E-state index in [-0.39, 0.29) is 5.91 Å². The number of hydrogen-bond acceptors (Lipinski definition) is 9. The number of amides is 1. The van der Waals surface area contributed by atoms with Crippen LogP contribution >= 0.6 is 11.8 Å². The number of thioether (sulfide) groups is 1. The highest BCUT2D eigenvalue weighted by molar-refractivity contribution is 7.99. The van der Waals surface area contributed by atoms with Crippen molar-refractivity contribution in [1.82, 2.24) is 34.4 Å². The normalized spacial score (nSPS) is 18.3. The minimum atomic E-state index is 0.151. The molecule has 11 heteroatoms. The average Bonchev–Trinajstić information content (AvgIpc) is 3.43. The van der Waals surface area contributed by atoms with E-state index in [2.05, 4.69) is 35.7 Å². The molecule has 1 aliphatic heterocycles. The zero-order chi connectivity index (χ0) is 20.9. The van der Waals surface area contributed by atoms with Gasteiger partial charge in [0.2, 0.25) is 17.8 Å². The SMILES string of the molecule is CCNc1nc(NCC)n2c(SCC(=O)N3CCN(C4CCCC4)CC3)nnc2n1. The standard InChI is InChI=1S/C19H31N9OS/c1-3-20-16-22-17(21-4-2)28-18(23-16)24-25-19(28)30-13-15(29)27-11-9-26(10-12-27)14-7-5-6-8-14/h14H,3-13H2,1-2H3,(H2,20,21,22,23,24). The lowest BCUT2D eigenvalue weighted by Crippen LogP contribution is -2.51. The molecule has 1 aliphatic carbocycles. The van der Waals surface area contributed by atoms with E-state index in [9.17, 15) is 4.79 Å². The van der Waals surface area contributed by atoms with Crippen molar-refractivity contribution in [1.29, 1.82) is 0 Å². The molecule has 2 fully saturated rings. The maximum absolute atomic E-state index is 12.8. The maximum atomic E-state index is 12.8. The molecular weight excluding hydrogens is 402 g/mol. The van der Waals surface area contributed by atoms with E-state index in [1.165, 1.54) is 37.4 Å². The quantitative estimate of drug-likeness (QED) is 0.600.